The van der Waals surface area contributed by atoms with Gasteiger partial charge < -0.3 is 14.8 Å². The van der Waals surface area contributed by atoms with Gasteiger partial charge in [-0.05, 0) is 12.8 Å². The fourth-order valence-electron chi connectivity index (χ4n) is 1.29. The second-order valence-corrected chi connectivity index (χ2v) is 3.62. The van der Waals surface area contributed by atoms with Gasteiger partial charge in [-0.15, -0.1) is 0 Å². The molecule has 0 saturated heterocycles. The Morgan fingerprint density at radius 1 is 1.44 bits per heavy atom. The van der Waals surface area contributed by atoms with Gasteiger partial charge in [-0.25, -0.2) is 9.97 Å². The lowest BCUT2D eigenvalue weighted by Gasteiger charge is -2.12. The van der Waals surface area contributed by atoms with E-state index in [0.717, 1.165) is 19.0 Å². The van der Waals surface area contributed by atoms with Gasteiger partial charge in [0.25, 0.3) is 0 Å². The Hall–Kier alpha value is -1.36. The molecule has 0 spiro atoms. The Kier molecular flexibility index (Phi) is 5.56. The molecule has 1 atom stereocenters. The average molecular weight is 225 g/mol. The molecule has 0 aliphatic carbocycles. The third kappa shape index (κ3) is 4.44. The summed E-state index contributed by atoms with van der Waals surface area (Å²) in [4.78, 5) is 8.11. The molecule has 1 aromatic heterocycles. The number of ether oxygens (including phenoxy) is 2. The largest absolute Gasteiger partial charge is 0.478 e. The van der Waals surface area contributed by atoms with Crippen molar-refractivity contribution in [3.63, 3.8) is 0 Å². The molecule has 0 saturated carbocycles. The van der Waals surface area contributed by atoms with Crippen molar-refractivity contribution in [1.29, 1.82) is 0 Å². The van der Waals surface area contributed by atoms with Crippen LogP contribution in [0.5, 0.6) is 5.88 Å². The van der Waals surface area contributed by atoms with Crippen LogP contribution < -0.4 is 10.1 Å². The van der Waals surface area contributed by atoms with Crippen molar-refractivity contribution in [2.45, 2.75) is 13.8 Å². The van der Waals surface area contributed by atoms with Gasteiger partial charge in [-0.3, -0.25) is 0 Å². The molecule has 5 heteroatoms. The monoisotopic (exact) mass is 225 g/mol. The summed E-state index contributed by atoms with van der Waals surface area (Å²) in [6, 6.07) is 1.79. The highest BCUT2D eigenvalue weighted by atomic mass is 16.5. The minimum Gasteiger partial charge on any atom is -0.478 e. The number of hydrogen-bond donors (Lipinski definition) is 1. The van der Waals surface area contributed by atoms with Crippen LogP contribution in [0.3, 0.4) is 0 Å². The number of rotatable bonds is 7. The van der Waals surface area contributed by atoms with Gasteiger partial charge in [0.1, 0.15) is 12.1 Å². The fourth-order valence-corrected chi connectivity index (χ4v) is 1.29. The summed E-state index contributed by atoms with van der Waals surface area (Å²) in [5.41, 5.74) is 0. The van der Waals surface area contributed by atoms with Crippen LogP contribution in [0.4, 0.5) is 5.82 Å². The first-order valence-corrected chi connectivity index (χ1v) is 5.44. The molecule has 1 rings (SSSR count). The zero-order valence-corrected chi connectivity index (χ0v) is 10.1. The van der Waals surface area contributed by atoms with Crippen LogP contribution in [0.15, 0.2) is 12.4 Å². The molecule has 0 aromatic carbocycles. The molecule has 90 valence electrons. The second kappa shape index (κ2) is 7.00. The second-order valence-electron chi connectivity index (χ2n) is 3.62. The molecule has 0 aliphatic heterocycles. The van der Waals surface area contributed by atoms with Crippen LogP contribution in [0, 0.1) is 5.92 Å². The van der Waals surface area contributed by atoms with Crippen molar-refractivity contribution < 1.29 is 9.47 Å². The van der Waals surface area contributed by atoms with Crippen LogP contribution >= 0.6 is 0 Å². The fraction of sp³-hybridized carbons (Fsp3) is 0.636. The van der Waals surface area contributed by atoms with Crippen molar-refractivity contribution in [2.24, 2.45) is 5.92 Å². The lowest BCUT2D eigenvalue weighted by Crippen LogP contribution is -2.16. The lowest BCUT2D eigenvalue weighted by atomic mass is 10.2. The Bertz CT molecular complexity index is 307. The molecule has 0 fully saturated rings. The van der Waals surface area contributed by atoms with Crippen molar-refractivity contribution in [2.75, 3.05) is 32.2 Å². The number of nitrogens with zero attached hydrogens (tertiary/aromatic N) is 2. The highest BCUT2D eigenvalue weighted by Gasteiger charge is 2.03. The molecule has 1 heterocycles. The molecule has 1 unspecified atom stereocenters. The van der Waals surface area contributed by atoms with E-state index in [2.05, 4.69) is 22.2 Å². The summed E-state index contributed by atoms with van der Waals surface area (Å²) in [5, 5.41) is 3.22. The minimum atomic E-state index is 0.440. The van der Waals surface area contributed by atoms with E-state index in [-0.39, 0.29) is 0 Å². The third-order valence-corrected chi connectivity index (χ3v) is 2.02. The van der Waals surface area contributed by atoms with Gasteiger partial charge in [0.05, 0.1) is 13.2 Å². The Morgan fingerprint density at radius 2 is 2.25 bits per heavy atom. The summed E-state index contributed by atoms with van der Waals surface area (Å²) >= 11 is 0. The predicted molar refractivity (Wildman–Crippen MR) is 62.7 cm³/mol. The molecule has 1 N–H and O–H groups in total. The molecule has 0 amide bonds. The number of anilines is 1. The molecule has 0 bridgehead atoms. The highest BCUT2D eigenvalue weighted by molar-refractivity contribution is 5.36. The Balaban J connectivity index is 2.44. The van der Waals surface area contributed by atoms with E-state index >= 15 is 0 Å². The zero-order chi connectivity index (χ0) is 11.8. The minimum absolute atomic E-state index is 0.440. The predicted octanol–water partition coefficient (Wildman–Crippen LogP) is 1.57. The maximum Gasteiger partial charge on any atom is 0.218 e. The summed E-state index contributed by atoms with van der Waals surface area (Å²) in [7, 11) is 1.70. The van der Waals surface area contributed by atoms with Crippen LogP contribution in [0.25, 0.3) is 0 Å². The van der Waals surface area contributed by atoms with Crippen molar-refractivity contribution in [1.82, 2.24) is 9.97 Å². The Morgan fingerprint density at radius 3 is 2.94 bits per heavy atom. The highest BCUT2D eigenvalue weighted by Crippen LogP contribution is 2.11. The van der Waals surface area contributed by atoms with E-state index < -0.39 is 0 Å². The van der Waals surface area contributed by atoms with Crippen molar-refractivity contribution in [3.8, 4) is 5.88 Å². The first-order valence-electron chi connectivity index (χ1n) is 5.44. The number of nitrogens with one attached hydrogen (secondary N) is 1. The summed E-state index contributed by atoms with van der Waals surface area (Å²) in [6.45, 7) is 6.19. The standard InChI is InChI=1S/C11H19N3O2/c1-4-16-11-5-10(13-8-14-11)12-6-9(2)7-15-3/h5,8-9H,4,6-7H2,1-3H3,(H,12,13,14). The van der Waals surface area contributed by atoms with Crippen molar-refractivity contribution >= 4 is 5.82 Å². The third-order valence-electron chi connectivity index (χ3n) is 2.02. The lowest BCUT2D eigenvalue weighted by molar-refractivity contribution is 0.164. The smallest absolute Gasteiger partial charge is 0.218 e. The zero-order valence-electron chi connectivity index (χ0n) is 10.1. The SMILES string of the molecule is CCOc1cc(NCC(C)COC)ncn1. The first-order chi connectivity index (χ1) is 7.76. The summed E-state index contributed by atoms with van der Waals surface area (Å²) in [6.07, 6.45) is 1.49. The van der Waals surface area contributed by atoms with Gasteiger partial charge in [-0.2, -0.15) is 0 Å². The number of methoxy groups -OCH3 is 1. The molecule has 5 nitrogen and oxygen atoms in total. The van der Waals surface area contributed by atoms with Crippen LogP contribution in [0.1, 0.15) is 13.8 Å². The van der Waals surface area contributed by atoms with Crippen LogP contribution in [0.2, 0.25) is 0 Å². The van der Waals surface area contributed by atoms with E-state index in [4.69, 9.17) is 9.47 Å². The average Bonchev–Trinajstić information content (AvgIpc) is 2.28. The summed E-state index contributed by atoms with van der Waals surface area (Å²) < 4.78 is 10.3. The van der Waals surface area contributed by atoms with Gasteiger partial charge in [0.15, 0.2) is 0 Å². The van der Waals surface area contributed by atoms with Crippen molar-refractivity contribution in [3.05, 3.63) is 12.4 Å². The van der Waals surface area contributed by atoms with Gasteiger partial charge in [-0.1, -0.05) is 6.92 Å². The normalized spacial score (nSPS) is 12.2. The summed E-state index contributed by atoms with van der Waals surface area (Å²) in [5.74, 6) is 1.82. The van der Waals surface area contributed by atoms with E-state index in [1.54, 1.807) is 13.2 Å². The molecular formula is C11H19N3O2. The van der Waals surface area contributed by atoms with E-state index in [1.807, 2.05) is 6.92 Å². The molecule has 0 aliphatic rings. The maximum absolute atomic E-state index is 5.29. The molecule has 1 aromatic rings. The molecular weight excluding hydrogens is 206 g/mol. The molecule has 16 heavy (non-hydrogen) atoms. The van der Waals surface area contributed by atoms with Gasteiger partial charge in [0.2, 0.25) is 5.88 Å². The number of hydrogen-bond acceptors (Lipinski definition) is 5. The Labute approximate surface area is 96.2 Å². The van der Waals surface area contributed by atoms with E-state index in [0.29, 0.717) is 18.4 Å². The number of aromatic nitrogens is 2. The van der Waals surface area contributed by atoms with E-state index in [1.165, 1.54) is 6.33 Å². The quantitative estimate of drug-likeness (QED) is 0.763. The maximum atomic E-state index is 5.29. The van der Waals surface area contributed by atoms with E-state index in [9.17, 15) is 0 Å². The van der Waals surface area contributed by atoms with Crippen LogP contribution in [-0.4, -0.2) is 36.8 Å². The van der Waals surface area contributed by atoms with Gasteiger partial charge in [0, 0.05) is 19.7 Å². The first kappa shape index (κ1) is 12.7. The van der Waals surface area contributed by atoms with Gasteiger partial charge >= 0.3 is 0 Å². The topological polar surface area (TPSA) is 56.3 Å². The van der Waals surface area contributed by atoms with Crippen LogP contribution in [-0.2, 0) is 4.74 Å². The molecule has 0 radical (unpaired) electrons.